The highest BCUT2D eigenvalue weighted by molar-refractivity contribution is 6.31. The van der Waals surface area contributed by atoms with Gasteiger partial charge in [0.25, 0.3) is 0 Å². The normalized spacial score (nSPS) is 16.5. The van der Waals surface area contributed by atoms with Gasteiger partial charge in [-0.05, 0) is 48.2 Å². The molecule has 0 aliphatic carbocycles. The van der Waals surface area contributed by atoms with E-state index in [0.29, 0.717) is 5.02 Å². The lowest BCUT2D eigenvalue weighted by Crippen LogP contribution is -2.33. The molecule has 0 fully saturated rings. The minimum Gasteiger partial charge on any atom is -0.398 e. The fourth-order valence-corrected chi connectivity index (χ4v) is 3.32. The summed E-state index contributed by atoms with van der Waals surface area (Å²) in [7, 11) is 0. The second-order valence-corrected chi connectivity index (χ2v) is 5.95. The molecule has 21 heavy (non-hydrogen) atoms. The van der Waals surface area contributed by atoms with Crippen molar-refractivity contribution in [3.05, 3.63) is 63.9 Å². The number of hydrogen-bond acceptors (Lipinski definition) is 2. The van der Waals surface area contributed by atoms with Gasteiger partial charge in [-0.2, -0.15) is 0 Å². The summed E-state index contributed by atoms with van der Waals surface area (Å²) in [4.78, 5) is 2.33. The molecule has 3 rings (SSSR count). The van der Waals surface area contributed by atoms with E-state index in [1.54, 1.807) is 6.07 Å². The van der Waals surface area contributed by atoms with E-state index in [2.05, 4.69) is 17.9 Å². The summed E-state index contributed by atoms with van der Waals surface area (Å²) in [5.74, 6) is -0.302. The summed E-state index contributed by atoms with van der Waals surface area (Å²) < 4.78 is 13.2. The van der Waals surface area contributed by atoms with Gasteiger partial charge in [-0.15, -0.1) is 0 Å². The van der Waals surface area contributed by atoms with Crippen LogP contribution in [0.1, 0.15) is 29.7 Å². The number of nitrogens with two attached hydrogens (primary N) is 1. The van der Waals surface area contributed by atoms with E-state index in [9.17, 15) is 4.39 Å². The maximum atomic E-state index is 13.2. The topological polar surface area (TPSA) is 29.3 Å². The minimum absolute atomic E-state index is 0.130. The standard InChI is InChI=1S/C17H18ClFN2/c1-11(14-6-5-13(19)9-16(14)18)21-8-7-12-3-2-4-17(20)15(12)10-21/h2-6,9,11H,7-8,10,20H2,1H3. The van der Waals surface area contributed by atoms with Crippen LogP contribution in [0.5, 0.6) is 0 Å². The third kappa shape index (κ3) is 2.76. The Bertz CT molecular complexity index is 672. The lowest BCUT2D eigenvalue weighted by atomic mass is 9.95. The van der Waals surface area contributed by atoms with Crippen LogP contribution in [-0.2, 0) is 13.0 Å². The fraction of sp³-hybridized carbons (Fsp3) is 0.294. The SMILES string of the molecule is CC(c1ccc(F)cc1Cl)N1CCc2cccc(N)c2C1. The second kappa shape index (κ2) is 5.66. The number of rotatable bonds is 2. The van der Waals surface area contributed by atoms with Crippen LogP contribution >= 0.6 is 11.6 Å². The molecule has 1 aliphatic heterocycles. The maximum Gasteiger partial charge on any atom is 0.124 e. The van der Waals surface area contributed by atoms with Gasteiger partial charge >= 0.3 is 0 Å². The molecule has 1 unspecified atom stereocenters. The van der Waals surface area contributed by atoms with Crippen molar-refractivity contribution in [3.8, 4) is 0 Å². The average Bonchev–Trinajstić information content (AvgIpc) is 2.47. The summed E-state index contributed by atoms with van der Waals surface area (Å²) >= 11 is 6.18. The molecule has 0 amide bonds. The Balaban J connectivity index is 1.87. The van der Waals surface area contributed by atoms with Crippen LogP contribution < -0.4 is 5.73 Å². The molecule has 0 spiro atoms. The van der Waals surface area contributed by atoms with Crippen molar-refractivity contribution in [1.82, 2.24) is 4.90 Å². The lowest BCUT2D eigenvalue weighted by Gasteiger charge is -2.34. The van der Waals surface area contributed by atoms with Crippen LogP contribution in [0.4, 0.5) is 10.1 Å². The highest BCUT2D eigenvalue weighted by Gasteiger charge is 2.24. The smallest absolute Gasteiger partial charge is 0.124 e. The Morgan fingerprint density at radius 2 is 2.10 bits per heavy atom. The van der Waals surface area contributed by atoms with Gasteiger partial charge in [0.1, 0.15) is 5.82 Å². The van der Waals surface area contributed by atoms with Crippen LogP contribution in [0.25, 0.3) is 0 Å². The van der Waals surface area contributed by atoms with Crippen molar-refractivity contribution in [2.45, 2.75) is 25.9 Å². The number of nitrogens with zero attached hydrogens (tertiary/aromatic N) is 1. The molecule has 110 valence electrons. The molecule has 4 heteroatoms. The first kappa shape index (κ1) is 14.4. The summed E-state index contributed by atoms with van der Waals surface area (Å²) in [6.45, 7) is 3.85. The van der Waals surface area contributed by atoms with Gasteiger partial charge in [0, 0.05) is 29.8 Å². The molecule has 1 heterocycles. The van der Waals surface area contributed by atoms with Crippen molar-refractivity contribution >= 4 is 17.3 Å². The molecule has 1 aliphatic rings. The van der Waals surface area contributed by atoms with Crippen LogP contribution in [-0.4, -0.2) is 11.4 Å². The van der Waals surface area contributed by atoms with Gasteiger partial charge in [-0.25, -0.2) is 4.39 Å². The van der Waals surface area contributed by atoms with Gasteiger partial charge < -0.3 is 5.73 Å². The lowest BCUT2D eigenvalue weighted by molar-refractivity contribution is 0.192. The Labute approximate surface area is 129 Å². The van der Waals surface area contributed by atoms with E-state index in [-0.39, 0.29) is 11.9 Å². The summed E-state index contributed by atoms with van der Waals surface area (Å²) in [5.41, 5.74) is 10.4. The molecule has 2 N–H and O–H groups in total. The number of fused-ring (bicyclic) bond motifs is 1. The van der Waals surface area contributed by atoms with E-state index in [1.165, 1.54) is 23.3 Å². The van der Waals surface area contributed by atoms with Gasteiger partial charge in [-0.1, -0.05) is 29.8 Å². The van der Waals surface area contributed by atoms with E-state index >= 15 is 0 Å². The highest BCUT2D eigenvalue weighted by atomic mass is 35.5. The zero-order valence-electron chi connectivity index (χ0n) is 11.9. The van der Waals surface area contributed by atoms with E-state index < -0.39 is 0 Å². The Kier molecular flexibility index (Phi) is 3.87. The average molecular weight is 305 g/mol. The van der Waals surface area contributed by atoms with Crippen LogP contribution in [0.3, 0.4) is 0 Å². The molecular weight excluding hydrogens is 287 g/mol. The zero-order chi connectivity index (χ0) is 15.0. The molecular formula is C17H18ClFN2. The highest BCUT2D eigenvalue weighted by Crippen LogP contribution is 2.33. The Morgan fingerprint density at radius 1 is 1.29 bits per heavy atom. The Morgan fingerprint density at radius 3 is 2.86 bits per heavy atom. The zero-order valence-corrected chi connectivity index (χ0v) is 12.7. The predicted octanol–water partition coefficient (Wildman–Crippen LogP) is 4.18. The Hall–Kier alpha value is -1.58. The molecule has 0 aromatic heterocycles. The second-order valence-electron chi connectivity index (χ2n) is 5.55. The molecule has 0 radical (unpaired) electrons. The van der Waals surface area contributed by atoms with Crippen LogP contribution in [0, 0.1) is 5.82 Å². The molecule has 0 saturated heterocycles. The minimum atomic E-state index is -0.302. The number of anilines is 1. The molecule has 0 saturated carbocycles. The third-order valence-corrected chi connectivity index (χ3v) is 4.63. The number of hydrogen-bond donors (Lipinski definition) is 1. The van der Waals surface area contributed by atoms with Gasteiger partial charge in [-0.3, -0.25) is 4.90 Å². The quantitative estimate of drug-likeness (QED) is 0.843. The molecule has 2 aromatic carbocycles. The van der Waals surface area contributed by atoms with Crippen molar-refractivity contribution in [3.63, 3.8) is 0 Å². The third-order valence-electron chi connectivity index (χ3n) is 4.30. The first-order valence-corrected chi connectivity index (χ1v) is 7.49. The molecule has 0 bridgehead atoms. The fourth-order valence-electron chi connectivity index (χ4n) is 3.00. The first-order valence-electron chi connectivity index (χ1n) is 7.11. The van der Waals surface area contributed by atoms with E-state index in [1.807, 2.05) is 12.1 Å². The number of nitrogen functional groups attached to an aromatic ring is 1. The molecule has 2 nitrogen and oxygen atoms in total. The van der Waals surface area contributed by atoms with Crippen molar-refractivity contribution in [2.75, 3.05) is 12.3 Å². The van der Waals surface area contributed by atoms with Crippen molar-refractivity contribution < 1.29 is 4.39 Å². The van der Waals surface area contributed by atoms with Crippen molar-refractivity contribution in [2.24, 2.45) is 0 Å². The predicted molar refractivity (Wildman–Crippen MR) is 84.8 cm³/mol. The maximum absolute atomic E-state index is 13.2. The monoisotopic (exact) mass is 304 g/mol. The molecule has 1 atom stereocenters. The molecule has 2 aromatic rings. The van der Waals surface area contributed by atoms with Gasteiger partial charge in [0.15, 0.2) is 0 Å². The van der Waals surface area contributed by atoms with Crippen molar-refractivity contribution in [1.29, 1.82) is 0 Å². The van der Waals surface area contributed by atoms with Gasteiger partial charge in [0.2, 0.25) is 0 Å². The van der Waals surface area contributed by atoms with E-state index in [4.69, 9.17) is 17.3 Å². The van der Waals surface area contributed by atoms with Crippen LogP contribution in [0.15, 0.2) is 36.4 Å². The summed E-state index contributed by atoms with van der Waals surface area (Å²) in [6, 6.07) is 10.8. The van der Waals surface area contributed by atoms with Crippen LogP contribution in [0.2, 0.25) is 5.02 Å². The summed E-state index contributed by atoms with van der Waals surface area (Å²) in [5, 5.41) is 0.481. The number of benzene rings is 2. The largest absolute Gasteiger partial charge is 0.398 e. The summed E-state index contributed by atoms with van der Waals surface area (Å²) in [6.07, 6.45) is 0.976. The van der Waals surface area contributed by atoms with Gasteiger partial charge in [0.05, 0.1) is 0 Å². The number of halogens is 2. The van der Waals surface area contributed by atoms with E-state index in [0.717, 1.165) is 30.8 Å². The first-order chi connectivity index (χ1) is 10.1.